The molecule has 0 aromatic carbocycles. The number of ether oxygens (including phenoxy) is 2. The van der Waals surface area contributed by atoms with Crippen molar-refractivity contribution in [3.63, 3.8) is 0 Å². The molecule has 2 atom stereocenters. The third-order valence-electron chi connectivity index (χ3n) is 2.98. The smallest absolute Gasteiger partial charge is 0.410 e. The molecule has 2 rings (SSSR count). The number of likely N-dealkylation sites (tertiary alicyclic amines) is 1. The third-order valence-corrected chi connectivity index (χ3v) is 2.98. The second kappa shape index (κ2) is 4.76. The number of fused-ring (bicyclic) bond motifs is 1. The van der Waals surface area contributed by atoms with Crippen LogP contribution < -0.4 is 5.32 Å². The zero-order valence-corrected chi connectivity index (χ0v) is 11.1. The molecule has 18 heavy (non-hydrogen) atoms. The number of hydrogen-bond acceptors (Lipinski definition) is 4. The van der Waals surface area contributed by atoms with Crippen LogP contribution in [0.25, 0.3) is 0 Å². The molecule has 0 aliphatic carbocycles. The molecule has 102 valence electrons. The molecule has 0 radical (unpaired) electrons. The van der Waals surface area contributed by atoms with Crippen molar-refractivity contribution >= 4 is 12.0 Å². The molecule has 6 heteroatoms. The van der Waals surface area contributed by atoms with Crippen molar-refractivity contribution in [1.82, 2.24) is 10.2 Å². The van der Waals surface area contributed by atoms with Gasteiger partial charge in [-0.25, -0.2) is 4.79 Å². The Morgan fingerprint density at radius 3 is 2.89 bits per heavy atom. The van der Waals surface area contributed by atoms with E-state index in [0.717, 1.165) is 6.42 Å². The van der Waals surface area contributed by atoms with Crippen LogP contribution >= 0.6 is 0 Å². The van der Waals surface area contributed by atoms with Crippen molar-refractivity contribution in [3.05, 3.63) is 0 Å². The molecule has 2 amide bonds. The van der Waals surface area contributed by atoms with Crippen LogP contribution in [0, 0.1) is 0 Å². The van der Waals surface area contributed by atoms with Crippen molar-refractivity contribution in [1.29, 1.82) is 0 Å². The second-order valence-corrected chi connectivity index (χ2v) is 5.74. The van der Waals surface area contributed by atoms with Gasteiger partial charge in [-0.15, -0.1) is 0 Å². The fraction of sp³-hybridized carbons (Fsp3) is 0.833. The largest absolute Gasteiger partial charge is 0.444 e. The Labute approximate surface area is 107 Å². The average Bonchev–Trinajstić information content (AvgIpc) is 2.25. The van der Waals surface area contributed by atoms with Gasteiger partial charge < -0.3 is 19.7 Å². The van der Waals surface area contributed by atoms with Gasteiger partial charge in [0.15, 0.2) is 0 Å². The SMILES string of the molecule is CC(C)(C)OC(=O)N1CC[C@@H]2OCC(=O)N[C@H]2C1. The monoisotopic (exact) mass is 256 g/mol. The summed E-state index contributed by atoms with van der Waals surface area (Å²) in [5.41, 5.74) is -0.500. The zero-order chi connectivity index (χ0) is 13.3. The minimum atomic E-state index is -0.500. The molecule has 0 aromatic rings. The van der Waals surface area contributed by atoms with E-state index in [0.29, 0.717) is 13.1 Å². The topological polar surface area (TPSA) is 67.9 Å². The van der Waals surface area contributed by atoms with E-state index < -0.39 is 5.60 Å². The Kier molecular flexibility index (Phi) is 3.47. The van der Waals surface area contributed by atoms with Gasteiger partial charge in [0.25, 0.3) is 0 Å². The van der Waals surface area contributed by atoms with E-state index in [1.165, 1.54) is 0 Å². The van der Waals surface area contributed by atoms with Gasteiger partial charge in [-0.1, -0.05) is 0 Å². The molecule has 2 aliphatic rings. The van der Waals surface area contributed by atoms with Crippen LogP contribution in [0.4, 0.5) is 4.79 Å². The van der Waals surface area contributed by atoms with Gasteiger partial charge in [-0.05, 0) is 27.2 Å². The Morgan fingerprint density at radius 2 is 2.22 bits per heavy atom. The number of amides is 2. The molecular weight excluding hydrogens is 236 g/mol. The van der Waals surface area contributed by atoms with Gasteiger partial charge in [0.2, 0.25) is 5.91 Å². The van der Waals surface area contributed by atoms with E-state index in [-0.39, 0.29) is 30.8 Å². The molecule has 0 aromatic heterocycles. The summed E-state index contributed by atoms with van der Waals surface area (Å²) < 4.78 is 10.7. The minimum absolute atomic E-state index is 0.0152. The van der Waals surface area contributed by atoms with Crippen molar-refractivity contribution < 1.29 is 19.1 Å². The lowest BCUT2D eigenvalue weighted by atomic mass is 10.0. The molecule has 0 unspecified atom stereocenters. The second-order valence-electron chi connectivity index (χ2n) is 5.74. The van der Waals surface area contributed by atoms with Gasteiger partial charge >= 0.3 is 6.09 Å². The third kappa shape index (κ3) is 3.13. The first-order chi connectivity index (χ1) is 8.35. The van der Waals surface area contributed by atoms with E-state index >= 15 is 0 Å². The van der Waals surface area contributed by atoms with Gasteiger partial charge in [0, 0.05) is 13.1 Å². The molecule has 2 heterocycles. The normalized spacial score (nSPS) is 28.4. The molecule has 6 nitrogen and oxygen atoms in total. The van der Waals surface area contributed by atoms with Gasteiger partial charge in [-0.2, -0.15) is 0 Å². The van der Waals surface area contributed by atoms with Gasteiger partial charge in [0.1, 0.15) is 12.2 Å². The highest BCUT2D eigenvalue weighted by molar-refractivity contribution is 5.78. The fourth-order valence-electron chi connectivity index (χ4n) is 2.19. The minimum Gasteiger partial charge on any atom is -0.444 e. The first-order valence-corrected chi connectivity index (χ1v) is 6.24. The number of hydrogen-bond donors (Lipinski definition) is 1. The maximum Gasteiger partial charge on any atom is 0.410 e. The summed E-state index contributed by atoms with van der Waals surface area (Å²) in [5, 5.41) is 2.85. The van der Waals surface area contributed by atoms with Crippen LogP contribution in [0.15, 0.2) is 0 Å². The number of carbonyl (C=O) groups excluding carboxylic acids is 2. The number of morpholine rings is 1. The summed E-state index contributed by atoms with van der Waals surface area (Å²) in [6.07, 6.45) is 0.409. The van der Waals surface area contributed by atoms with Gasteiger partial charge in [-0.3, -0.25) is 4.79 Å². The van der Waals surface area contributed by atoms with Gasteiger partial charge in [0.05, 0.1) is 12.1 Å². The highest BCUT2D eigenvalue weighted by atomic mass is 16.6. The maximum absolute atomic E-state index is 11.9. The van der Waals surface area contributed by atoms with Crippen LogP contribution in [-0.2, 0) is 14.3 Å². The quantitative estimate of drug-likeness (QED) is 0.685. The number of nitrogens with zero attached hydrogens (tertiary/aromatic N) is 1. The van der Waals surface area contributed by atoms with Crippen LogP contribution in [-0.4, -0.2) is 54.3 Å². The average molecular weight is 256 g/mol. The highest BCUT2D eigenvalue weighted by Crippen LogP contribution is 2.19. The first kappa shape index (κ1) is 13.1. The Bertz CT molecular complexity index is 350. The molecular formula is C12H20N2O4. The molecule has 2 fully saturated rings. The Balaban J connectivity index is 1.93. The molecule has 2 aliphatic heterocycles. The van der Waals surface area contributed by atoms with Crippen LogP contribution in [0.2, 0.25) is 0 Å². The summed E-state index contributed by atoms with van der Waals surface area (Å²) in [5.74, 6) is -0.123. The first-order valence-electron chi connectivity index (χ1n) is 6.24. The number of nitrogens with one attached hydrogen (secondary N) is 1. The fourth-order valence-corrected chi connectivity index (χ4v) is 2.19. The predicted octanol–water partition coefficient (Wildman–Crippen LogP) is 0.511. The van der Waals surface area contributed by atoms with E-state index in [2.05, 4.69) is 5.32 Å². The summed E-state index contributed by atoms with van der Waals surface area (Å²) in [4.78, 5) is 24.8. The van der Waals surface area contributed by atoms with E-state index in [1.807, 2.05) is 20.8 Å². The number of carbonyl (C=O) groups is 2. The lowest BCUT2D eigenvalue weighted by Gasteiger charge is -2.41. The molecule has 0 bridgehead atoms. The van der Waals surface area contributed by atoms with Crippen LogP contribution in [0.3, 0.4) is 0 Å². The van der Waals surface area contributed by atoms with E-state index in [4.69, 9.17) is 9.47 Å². The van der Waals surface area contributed by atoms with Crippen molar-refractivity contribution in [2.45, 2.75) is 44.9 Å². The standard InChI is InChI=1S/C12H20N2O4/c1-12(2,3)18-11(16)14-5-4-9-8(6-14)13-10(15)7-17-9/h8-9H,4-7H2,1-3H3,(H,13,15)/t8-,9-/m0/s1. The predicted molar refractivity (Wildman–Crippen MR) is 64.1 cm³/mol. The lowest BCUT2D eigenvalue weighted by molar-refractivity contribution is -0.140. The summed E-state index contributed by atoms with van der Waals surface area (Å²) in [6, 6.07) is -0.118. The van der Waals surface area contributed by atoms with Crippen molar-refractivity contribution in [3.8, 4) is 0 Å². The maximum atomic E-state index is 11.9. The summed E-state index contributed by atoms with van der Waals surface area (Å²) in [7, 11) is 0. The highest BCUT2D eigenvalue weighted by Gasteiger charge is 2.37. The van der Waals surface area contributed by atoms with E-state index in [1.54, 1.807) is 4.90 Å². The Morgan fingerprint density at radius 1 is 1.50 bits per heavy atom. The molecule has 0 saturated carbocycles. The Hall–Kier alpha value is -1.30. The summed E-state index contributed by atoms with van der Waals surface area (Å²) >= 11 is 0. The van der Waals surface area contributed by atoms with Crippen molar-refractivity contribution in [2.24, 2.45) is 0 Å². The van der Waals surface area contributed by atoms with Crippen molar-refractivity contribution in [2.75, 3.05) is 19.7 Å². The molecule has 1 N–H and O–H groups in total. The zero-order valence-electron chi connectivity index (χ0n) is 11.1. The van der Waals surface area contributed by atoms with Crippen LogP contribution in [0.1, 0.15) is 27.2 Å². The number of piperidine rings is 1. The number of rotatable bonds is 0. The van der Waals surface area contributed by atoms with E-state index in [9.17, 15) is 9.59 Å². The summed E-state index contributed by atoms with van der Waals surface area (Å²) in [6.45, 7) is 6.68. The van der Waals surface area contributed by atoms with Crippen LogP contribution in [0.5, 0.6) is 0 Å². The molecule has 0 spiro atoms. The molecule has 2 saturated heterocycles. The lowest BCUT2D eigenvalue weighted by Crippen LogP contribution is -2.61.